The van der Waals surface area contributed by atoms with Crippen LogP contribution >= 0.6 is 11.3 Å². The first-order valence-electron chi connectivity index (χ1n) is 12.0. The van der Waals surface area contributed by atoms with Gasteiger partial charge in [0.2, 0.25) is 0 Å². The molecule has 0 bridgehead atoms. The Kier molecular flexibility index (Phi) is 7.33. The maximum absolute atomic E-state index is 13.7. The summed E-state index contributed by atoms with van der Waals surface area (Å²) in [5, 5.41) is 0.536. The minimum absolute atomic E-state index is 0.0663. The third kappa shape index (κ3) is 5.35. The van der Waals surface area contributed by atoms with E-state index >= 15 is 0 Å². The van der Waals surface area contributed by atoms with Crippen LogP contribution in [0.15, 0.2) is 65.6 Å². The number of hydrogen-bond donors (Lipinski definition) is 1. The Balaban J connectivity index is 1.43. The lowest BCUT2D eigenvalue weighted by atomic mass is 10.1. The molecule has 38 heavy (non-hydrogen) atoms. The van der Waals surface area contributed by atoms with Crippen molar-refractivity contribution in [2.45, 2.75) is 30.8 Å². The zero-order valence-corrected chi connectivity index (χ0v) is 22.4. The number of ether oxygens (including phenoxy) is 2. The van der Waals surface area contributed by atoms with Crippen LogP contribution in [0.1, 0.15) is 28.8 Å². The fourth-order valence-electron chi connectivity index (χ4n) is 4.28. The van der Waals surface area contributed by atoms with Crippen molar-refractivity contribution in [3.63, 3.8) is 0 Å². The second-order valence-corrected chi connectivity index (χ2v) is 11.6. The Hall–Kier alpha value is -3.54. The molecule has 0 aliphatic carbocycles. The highest BCUT2D eigenvalue weighted by molar-refractivity contribution is 7.92. The first-order chi connectivity index (χ1) is 18.2. The number of rotatable bonds is 8. The highest BCUT2D eigenvalue weighted by Crippen LogP contribution is 2.37. The number of thiazole rings is 1. The average molecular weight is 556 g/mol. The van der Waals surface area contributed by atoms with Gasteiger partial charge in [-0.3, -0.25) is 14.4 Å². The lowest BCUT2D eigenvalue weighted by Crippen LogP contribution is -2.37. The van der Waals surface area contributed by atoms with Crippen molar-refractivity contribution in [2.24, 2.45) is 0 Å². The molecule has 0 saturated carbocycles. The zero-order chi connectivity index (χ0) is 26.9. The summed E-state index contributed by atoms with van der Waals surface area (Å²) in [6, 6.07) is 14.5. The second kappa shape index (κ2) is 10.7. The van der Waals surface area contributed by atoms with E-state index in [0.29, 0.717) is 35.1 Å². The van der Waals surface area contributed by atoms with Crippen molar-refractivity contribution in [2.75, 3.05) is 29.9 Å². The van der Waals surface area contributed by atoms with E-state index in [1.807, 2.05) is 19.1 Å². The number of carbonyl (C=O) groups excluding carboxylic acids is 1. The number of sulfonamides is 1. The lowest BCUT2D eigenvalue weighted by molar-refractivity contribution is 0.0917. The van der Waals surface area contributed by atoms with Crippen LogP contribution in [0.25, 0.3) is 10.2 Å². The van der Waals surface area contributed by atoms with Crippen LogP contribution in [0.3, 0.4) is 0 Å². The van der Waals surface area contributed by atoms with Crippen LogP contribution in [0.5, 0.6) is 5.75 Å². The number of nitrogens with zero attached hydrogens (tertiary/aromatic N) is 2. The lowest BCUT2D eigenvalue weighted by Gasteiger charge is -2.23. The van der Waals surface area contributed by atoms with E-state index in [2.05, 4.69) is 4.72 Å². The number of halogens is 1. The molecule has 1 aliphatic heterocycles. The predicted octanol–water partition coefficient (Wildman–Crippen LogP) is 5.38. The van der Waals surface area contributed by atoms with Crippen molar-refractivity contribution in [1.29, 1.82) is 0 Å². The number of benzene rings is 3. The minimum Gasteiger partial charge on any atom is -0.494 e. The van der Waals surface area contributed by atoms with E-state index in [9.17, 15) is 17.6 Å². The van der Waals surface area contributed by atoms with Gasteiger partial charge in [0.25, 0.3) is 15.9 Å². The van der Waals surface area contributed by atoms with Gasteiger partial charge in [0.1, 0.15) is 17.1 Å². The van der Waals surface area contributed by atoms with Gasteiger partial charge in [-0.05, 0) is 79.9 Å². The number of aromatic nitrogens is 1. The molecule has 1 fully saturated rings. The number of carbonyl (C=O) groups is 1. The van der Waals surface area contributed by atoms with Gasteiger partial charge in [-0.25, -0.2) is 17.8 Å². The Bertz CT molecular complexity index is 1570. The molecule has 3 aromatic carbocycles. The molecule has 1 amide bonds. The Morgan fingerprint density at radius 1 is 1.16 bits per heavy atom. The molecule has 5 rings (SSSR count). The van der Waals surface area contributed by atoms with Gasteiger partial charge in [-0.1, -0.05) is 17.4 Å². The Labute approximate surface area is 224 Å². The molecule has 1 saturated heterocycles. The number of amides is 1. The third-order valence-corrected chi connectivity index (χ3v) is 8.92. The first-order valence-corrected chi connectivity index (χ1v) is 14.3. The molecule has 1 aromatic heterocycles. The minimum atomic E-state index is -3.91. The molecule has 198 valence electrons. The quantitative estimate of drug-likeness (QED) is 0.314. The summed E-state index contributed by atoms with van der Waals surface area (Å²) in [5.41, 5.74) is 2.38. The number of anilines is 2. The molecular weight excluding hydrogens is 529 g/mol. The summed E-state index contributed by atoms with van der Waals surface area (Å²) in [6.07, 6.45) is 1.68. The molecular formula is C27H26FN3O5S2. The molecule has 2 heterocycles. The summed E-state index contributed by atoms with van der Waals surface area (Å²) < 4.78 is 53.2. The van der Waals surface area contributed by atoms with Crippen molar-refractivity contribution < 1.29 is 27.1 Å². The average Bonchev–Trinajstić information content (AvgIpc) is 3.58. The van der Waals surface area contributed by atoms with Crippen LogP contribution < -0.4 is 14.4 Å². The topological polar surface area (TPSA) is 97.8 Å². The SMILES string of the molecule is COc1ccc(C)c2sc(N(CC3CCCO3)C(=O)c3ccc(NS(=O)(=O)c4ccc(F)cc4)cc3)nc12. The maximum Gasteiger partial charge on any atom is 0.261 e. The fourth-order valence-corrected chi connectivity index (χ4v) is 6.40. The Morgan fingerprint density at radius 2 is 1.89 bits per heavy atom. The number of fused-ring (bicyclic) bond motifs is 1. The number of aryl methyl sites for hydroxylation is 1. The van der Waals surface area contributed by atoms with Gasteiger partial charge >= 0.3 is 0 Å². The van der Waals surface area contributed by atoms with Crippen molar-refractivity contribution in [3.8, 4) is 5.75 Å². The van der Waals surface area contributed by atoms with Crippen LogP contribution in [0, 0.1) is 12.7 Å². The molecule has 8 nitrogen and oxygen atoms in total. The smallest absolute Gasteiger partial charge is 0.261 e. The summed E-state index contributed by atoms with van der Waals surface area (Å²) in [5.74, 6) is -0.166. The van der Waals surface area contributed by atoms with Gasteiger partial charge in [0, 0.05) is 17.9 Å². The molecule has 1 aliphatic rings. The predicted molar refractivity (Wildman–Crippen MR) is 145 cm³/mol. The highest BCUT2D eigenvalue weighted by Gasteiger charge is 2.28. The second-order valence-electron chi connectivity index (χ2n) is 8.95. The fraction of sp³-hybridized carbons (Fsp3) is 0.259. The van der Waals surface area contributed by atoms with E-state index in [0.717, 1.165) is 35.2 Å². The molecule has 1 atom stereocenters. The van der Waals surface area contributed by atoms with Crippen LogP contribution in [0.4, 0.5) is 15.2 Å². The largest absolute Gasteiger partial charge is 0.494 e. The van der Waals surface area contributed by atoms with E-state index in [1.54, 1.807) is 24.1 Å². The molecule has 0 radical (unpaired) electrons. The van der Waals surface area contributed by atoms with Crippen molar-refractivity contribution in [1.82, 2.24) is 4.98 Å². The van der Waals surface area contributed by atoms with Gasteiger partial charge in [0.15, 0.2) is 5.13 Å². The first kappa shape index (κ1) is 26.1. The number of nitrogens with one attached hydrogen (secondary N) is 1. The summed E-state index contributed by atoms with van der Waals surface area (Å²) in [7, 11) is -2.32. The third-order valence-electron chi connectivity index (χ3n) is 6.31. The van der Waals surface area contributed by atoms with E-state index in [-0.39, 0.29) is 22.6 Å². The van der Waals surface area contributed by atoms with Crippen LogP contribution in [-0.4, -0.2) is 45.7 Å². The van der Waals surface area contributed by atoms with Gasteiger partial charge < -0.3 is 9.47 Å². The molecule has 1 N–H and O–H groups in total. The number of hydrogen-bond acceptors (Lipinski definition) is 7. The summed E-state index contributed by atoms with van der Waals surface area (Å²) in [4.78, 5) is 20.1. The van der Waals surface area contributed by atoms with E-state index in [4.69, 9.17) is 14.5 Å². The van der Waals surface area contributed by atoms with E-state index < -0.39 is 15.8 Å². The number of methoxy groups -OCH3 is 1. The Morgan fingerprint density at radius 3 is 2.55 bits per heavy atom. The monoisotopic (exact) mass is 555 g/mol. The van der Waals surface area contributed by atoms with Gasteiger partial charge in [-0.2, -0.15) is 0 Å². The summed E-state index contributed by atoms with van der Waals surface area (Å²) >= 11 is 1.42. The normalized spacial score (nSPS) is 15.5. The molecule has 11 heteroatoms. The van der Waals surface area contributed by atoms with Crippen LogP contribution in [-0.2, 0) is 14.8 Å². The van der Waals surface area contributed by atoms with Crippen molar-refractivity contribution >= 4 is 48.3 Å². The molecule has 0 spiro atoms. The van der Waals surface area contributed by atoms with Crippen molar-refractivity contribution in [3.05, 3.63) is 77.6 Å². The van der Waals surface area contributed by atoms with Gasteiger partial charge in [0.05, 0.1) is 29.4 Å². The van der Waals surface area contributed by atoms with E-state index in [1.165, 1.54) is 35.6 Å². The highest BCUT2D eigenvalue weighted by atomic mass is 32.2. The zero-order valence-electron chi connectivity index (χ0n) is 20.8. The molecule has 4 aromatic rings. The summed E-state index contributed by atoms with van der Waals surface area (Å²) in [6.45, 7) is 2.99. The molecule has 1 unspecified atom stereocenters. The van der Waals surface area contributed by atoms with Gasteiger partial charge in [-0.15, -0.1) is 0 Å². The van der Waals surface area contributed by atoms with Crippen LogP contribution in [0.2, 0.25) is 0 Å². The maximum atomic E-state index is 13.7. The standard InChI is InChI=1S/C27H26FN3O5S2/c1-17-5-14-23(35-2)24-25(17)37-27(29-24)31(16-21-4-3-15-36-21)26(32)18-6-10-20(11-7-18)30-38(33,34)22-12-8-19(28)9-13-22/h5-14,21,30H,3-4,15-16H2,1-2H3.